The summed E-state index contributed by atoms with van der Waals surface area (Å²) in [5.41, 5.74) is 2.07. The van der Waals surface area contributed by atoms with Crippen LogP contribution in [0.1, 0.15) is 35.7 Å². The van der Waals surface area contributed by atoms with E-state index < -0.39 is 5.97 Å². The van der Waals surface area contributed by atoms with Crippen molar-refractivity contribution >= 4 is 40.8 Å². The average Bonchev–Trinajstić information content (AvgIpc) is 2.71. The summed E-state index contributed by atoms with van der Waals surface area (Å²) in [6.45, 7) is 4.46. The normalized spacial score (nSPS) is 15.1. The van der Waals surface area contributed by atoms with E-state index in [0.29, 0.717) is 27.9 Å². The van der Waals surface area contributed by atoms with Gasteiger partial charge in [0.15, 0.2) is 0 Å². The number of esters is 1. The molecule has 2 aromatic rings. The lowest BCUT2D eigenvalue weighted by atomic mass is 9.95. The molecule has 1 fully saturated rings. The summed E-state index contributed by atoms with van der Waals surface area (Å²) < 4.78 is 5.01. The number of halogens is 2. The lowest BCUT2D eigenvalue weighted by molar-refractivity contribution is -0.121. The van der Waals surface area contributed by atoms with Gasteiger partial charge in [-0.25, -0.2) is 4.79 Å². The van der Waals surface area contributed by atoms with Crippen LogP contribution in [0.4, 0.5) is 5.69 Å². The fraction of sp³-hybridized carbons (Fsp3) is 0.364. The van der Waals surface area contributed by atoms with Crippen molar-refractivity contribution in [2.75, 3.05) is 25.0 Å². The van der Waals surface area contributed by atoms with E-state index in [-0.39, 0.29) is 11.8 Å². The van der Waals surface area contributed by atoms with Gasteiger partial charge in [-0.1, -0.05) is 35.3 Å². The molecule has 0 aromatic heterocycles. The highest BCUT2D eigenvalue weighted by atomic mass is 35.5. The predicted octanol–water partition coefficient (Wildman–Crippen LogP) is 5.02. The first-order chi connectivity index (χ1) is 14.0. The summed E-state index contributed by atoms with van der Waals surface area (Å²) >= 11 is 12.2. The predicted molar refractivity (Wildman–Crippen MR) is 115 cm³/mol. The van der Waals surface area contributed by atoms with Crippen LogP contribution in [0, 0.1) is 5.92 Å². The molecule has 1 heterocycles. The minimum Gasteiger partial charge on any atom is -0.462 e. The Morgan fingerprint density at radius 3 is 2.59 bits per heavy atom. The van der Waals surface area contributed by atoms with Crippen molar-refractivity contribution in [3.05, 3.63) is 63.6 Å². The molecular weight excluding hydrogens is 411 g/mol. The highest BCUT2D eigenvalue weighted by Crippen LogP contribution is 2.25. The van der Waals surface area contributed by atoms with Crippen LogP contribution in [0.3, 0.4) is 0 Å². The average molecular weight is 435 g/mol. The molecule has 3 rings (SSSR count). The van der Waals surface area contributed by atoms with E-state index in [4.69, 9.17) is 27.9 Å². The van der Waals surface area contributed by atoms with E-state index in [1.165, 1.54) is 0 Å². The van der Waals surface area contributed by atoms with Crippen molar-refractivity contribution in [3.8, 4) is 0 Å². The number of piperidine rings is 1. The van der Waals surface area contributed by atoms with Gasteiger partial charge < -0.3 is 10.1 Å². The Morgan fingerprint density at radius 1 is 1.14 bits per heavy atom. The number of rotatable bonds is 6. The van der Waals surface area contributed by atoms with Gasteiger partial charge in [0.25, 0.3) is 0 Å². The van der Waals surface area contributed by atoms with Crippen molar-refractivity contribution in [3.63, 3.8) is 0 Å². The van der Waals surface area contributed by atoms with E-state index in [1.807, 2.05) is 12.1 Å². The Kier molecular flexibility index (Phi) is 7.53. The second kappa shape index (κ2) is 10.1. The first-order valence-electron chi connectivity index (χ1n) is 9.70. The molecule has 1 N–H and O–H groups in total. The van der Waals surface area contributed by atoms with E-state index in [9.17, 15) is 9.59 Å². The monoisotopic (exact) mass is 434 g/mol. The van der Waals surface area contributed by atoms with E-state index in [2.05, 4.69) is 10.2 Å². The van der Waals surface area contributed by atoms with Gasteiger partial charge >= 0.3 is 5.97 Å². The van der Waals surface area contributed by atoms with E-state index >= 15 is 0 Å². The van der Waals surface area contributed by atoms with Gasteiger partial charge in [-0.05, 0) is 68.8 Å². The molecule has 2 aromatic carbocycles. The number of nitrogens with one attached hydrogen (secondary N) is 1. The SMILES string of the molecule is CCOC(=O)c1cccc(NC(=O)C2CCN(Cc3ccc(Cl)cc3Cl)CC2)c1. The third kappa shape index (κ3) is 5.95. The zero-order valence-electron chi connectivity index (χ0n) is 16.3. The van der Waals surface area contributed by atoms with Crippen molar-refractivity contribution in [2.45, 2.75) is 26.3 Å². The molecule has 0 bridgehead atoms. The lowest BCUT2D eigenvalue weighted by Crippen LogP contribution is -2.37. The number of ether oxygens (including phenoxy) is 1. The number of carbonyl (C=O) groups excluding carboxylic acids is 2. The number of amides is 1. The van der Waals surface area contributed by atoms with Gasteiger partial charge in [0.1, 0.15) is 0 Å². The second-order valence-electron chi connectivity index (χ2n) is 7.08. The summed E-state index contributed by atoms with van der Waals surface area (Å²) in [5.74, 6) is -0.467. The zero-order valence-corrected chi connectivity index (χ0v) is 17.8. The number of likely N-dealkylation sites (tertiary alicyclic amines) is 1. The van der Waals surface area contributed by atoms with Gasteiger partial charge in [-0.15, -0.1) is 0 Å². The molecule has 0 spiro atoms. The van der Waals surface area contributed by atoms with Crippen molar-refractivity contribution in [1.29, 1.82) is 0 Å². The molecule has 0 radical (unpaired) electrons. The largest absolute Gasteiger partial charge is 0.462 e. The van der Waals surface area contributed by atoms with Crippen LogP contribution < -0.4 is 5.32 Å². The minimum absolute atomic E-state index is 0.0183. The molecule has 1 aliphatic heterocycles. The van der Waals surface area contributed by atoms with Gasteiger partial charge in [-0.2, -0.15) is 0 Å². The highest BCUT2D eigenvalue weighted by Gasteiger charge is 2.25. The molecule has 1 saturated heterocycles. The van der Waals surface area contributed by atoms with Crippen LogP contribution in [0.25, 0.3) is 0 Å². The van der Waals surface area contributed by atoms with Crippen LogP contribution in [0.15, 0.2) is 42.5 Å². The summed E-state index contributed by atoms with van der Waals surface area (Å²) in [7, 11) is 0. The summed E-state index contributed by atoms with van der Waals surface area (Å²) in [6, 6.07) is 12.4. The van der Waals surface area contributed by atoms with Crippen molar-refractivity contribution in [1.82, 2.24) is 4.90 Å². The smallest absolute Gasteiger partial charge is 0.338 e. The fourth-order valence-electron chi connectivity index (χ4n) is 3.43. The van der Waals surface area contributed by atoms with Crippen LogP contribution >= 0.6 is 23.2 Å². The summed E-state index contributed by atoms with van der Waals surface area (Å²) in [4.78, 5) is 26.8. The summed E-state index contributed by atoms with van der Waals surface area (Å²) in [6.07, 6.45) is 1.54. The van der Waals surface area contributed by atoms with Crippen LogP contribution in [-0.4, -0.2) is 36.5 Å². The lowest BCUT2D eigenvalue weighted by Gasteiger charge is -2.31. The maximum Gasteiger partial charge on any atom is 0.338 e. The summed E-state index contributed by atoms with van der Waals surface area (Å²) in [5, 5.41) is 4.22. The van der Waals surface area contributed by atoms with Crippen molar-refractivity contribution < 1.29 is 14.3 Å². The maximum atomic E-state index is 12.6. The molecule has 154 valence electrons. The Morgan fingerprint density at radius 2 is 1.90 bits per heavy atom. The Balaban J connectivity index is 1.52. The van der Waals surface area contributed by atoms with Crippen molar-refractivity contribution in [2.24, 2.45) is 5.92 Å². The Bertz CT molecular complexity index is 880. The van der Waals surface area contributed by atoms with Gasteiger partial charge in [0.2, 0.25) is 5.91 Å². The molecular formula is C22H24Cl2N2O3. The molecule has 0 saturated carbocycles. The molecule has 0 atom stereocenters. The van der Waals surface area contributed by atoms with E-state index in [1.54, 1.807) is 37.3 Å². The minimum atomic E-state index is -0.391. The highest BCUT2D eigenvalue weighted by molar-refractivity contribution is 6.35. The van der Waals surface area contributed by atoms with Crippen LogP contribution in [0.2, 0.25) is 10.0 Å². The molecule has 1 aliphatic rings. The van der Waals surface area contributed by atoms with Crippen LogP contribution in [0.5, 0.6) is 0 Å². The van der Waals surface area contributed by atoms with Gasteiger partial charge in [0, 0.05) is 28.2 Å². The Hall–Kier alpha value is -2.08. The number of carbonyl (C=O) groups is 2. The molecule has 5 nitrogen and oxygen atoms in total. The number of hydrogen-bond donors (Lipinski definition) is 1. The molecule has 0 unspecified atom stereocenters. The molecule has 0 aliphatic carbocycles. The number of benzene rings is 2. The zero-order chi connectivity index (χ0) is 20.8. The van der Waals surface area contributed by atoms with E-state index in [0.717, 1.165) is 38.0 Å². The number of hydrogen-bond acceptors (Lipinski definition) is 4. The first-order valence-corrected chi connectivity index (χ1v) is 10.5. The quantitative estimate of drug-likeness (QED) is 0.648. The standard InChI is InChI=1S/C22H24Cl2N2O3/c1-2-29-22(28)16-4-3-5-19(12-16)25-21(27)15-8-10-26(11-9-15)14-17-6-7-18(23)13-20(17)24/h3-7,12-13,15H,2,8-11,14H2,1H3,(H,25,27). The number of anilines is 1. The maximum absolute atomic E-state index is 12.6. The first kappa shape index (κ1) is 21.6. The number of nitrogens with zero attached hydrogens (tertiary/aromatic N) is 1. The van der Waals surface area contributed by atoms with Crippen LogP contribution in [-0.2, 0) is 16.1 Å². The topological polar surface area (TPSA) is 58.6 Å². The molecule has 29 heavy (non-hydrogen) atoms. The van der Waals surface area contributed by atoms with Gasteiger partial charge in [0.05, 0.1) is 12.2 Å². The molecule has 7 heteroatoms. The van der Waals surface area contributed by atoms with Gasteiger partial charge in [-0.3, -0.25) is 9.69 Å². The third-order valence-corrected chi connectivity index (χ3v) is 5.60. The fourth-order valence-corrected chi connectivity index (χ4v) is 3.90. The molecule has 1 amide bonds. The third-order valence-electron chi connectivity index (χ3n) is 5.01. The second-order valence-corrected chi connectivity index (χ2v) is 7.92. The Labute approximate surface area is 180 Å².